The summed E-state index contributed by atoms with van der Waals surface area (Å²) in [5.74, 6) is -0.904. The number of aldehydes is 1. The minimum atomic E-state index is -0.716. The van der Waals surface area contributed by atoms with Gasteiger partial charge in [0.05, 0.1) is 18.1 Å². The van der Waals surface area contributed by atoms with E-state index in [0.717, 1.165) is 52.0 Å². The molecule has 1 aliphatic carbocycles. The second-order valence-electron chi connectivity index (χ2n) is 10.6. The first-order chi connectivity index (χ1) is 20.5. The average Bonchev–Trinajstić information content (AvgIpc) is 3.43. The van der Waals surface area contributed by atoms with Gasteiger partial charge in [0.1, 0.15) is 6.29 Å². The summed E-state index contributed by atoms with van der Waals surface area (Å²) in [6, 6.07) is -0.938. The molecule has 1 heterocycles. The van der Waals surface area contributed by atoms with Gasteiger partial charge >= 0.3 is 0 Å². The number of likely N-dealkylation sites (tertiary alicyclic amines) is 1. The summed E-state index contributed by atoms with van der Waals surface area (Å²) in [6.07, 6.45) is 9.35. The SMILES string of the molecule is C=CCNC(=O)C(=O)C(CC1CCC1)NC(=O)C1CCCN1C.CC.CC.CC.CCC.CNC(C=O)C(C)(C)C.CO. The smallest absolute Gasteiger partial charge is 0.289 e. The summed E-state index contributed by atoms with van der Waals surface area (Å²) in [5, 5.41) is 15.3. The lowest BCUT2D eigenvalue weighted by molar-refractivity contribution is -0.140. The number of ketones is 1. The van der Waals surface area contributed by atoms with Crippen LogP contribution in [0.25, 0.3) is 0 Å². The van der Waals surface area contributed by atoms with E-state index >= 15 is 0 Å². The van der Waals surface area contributed by atoms with Gasteiger partial charge in [0, 0.05) is 13.7 Å². The van der Waals surface area contributed by atoms with Gasteiger partial charge in [0.25, 0.3) is 5.91 Å². The van der Waals surface area contributed by atoms with Crippen LogP contribution in [0.4, 0.5) is 0 Å². The van der Waals surface area contributed by atoms with Crippen LogP contribution < -0.4 is 16.0 Å². The van der Waals surface area contributed by atoms with Gasteiger partial charge in [-0.1, -0.05) is 108 Å². The fourth-order valence-corrected chi connectivity index (χ4v) is 3.92. The molecule has 1 saturated heterocycles. The van der Waals surface area contributed by atoms with Crippen LogP contribution in [0.1, 0.15) is 121 Å². The van der Waals surface area contributed by atoms with E-state index in [1.165, 1.54) is 12.5 Å². The highest BCUT2D eigenvalue weighted by Gasteiger charge is 2.35. The molecule has 258 valence electrons. The number of rotatable bonds is 10. The van der Waals surface area contributed by atoms with E-state index in [4.69, 9.17) is 5.11 Å². The standard InChI is InChI=1S/C17H27N3O3.C7H15NO.C3H8.3C2H6.CH4O/c1-3-9-18-17(23)15(21)13(11-12-6-4-7-12)19-16(22)14-8-5-10-20(14)2;1-7(2,3)6(5-9)8-4;1-3-2;4*1-2/h3,12-14H,1,4-11H2,2H3,(H,18,23)(H,19,22);5-6,8H,1-4H3;3H2,1-2H3;3*1-2H3;2H,1H3. The third-order valence-corrected chi connectivity index (χ3v) is 6.26. The predicted octanol–water partition coefficient (Wildman–Crippen LogP) is 5.55. The van der Waals surface area contributed by atoms with Crippen molar-refractivity contribution in [2.75, 3.05) is 34.3 Å². The fraction of sp³-hybridized carbons (Fsp3) is 0.824. The van der Waals surface area contributed by atoms with Crippen molar-refractivity contribution in [2.24, 2.45) is 11.3 Å². The molecule has 1 aliphatic heterocycles. The molecule has 2 fully saturated rings. The zero-order chi connectivity index (χ0) is 35.0. The summed E-state index contributed by atoms with van der Waals surface area (Å²) in [4.78, 5) is 49.1. The first kappa shape index (κ1) is 50.5. The van der Waals surface area contributed by atoms with Crippen molar-refractivity contribution in [2.45, 2.75) is 139 Å². The van der Waals surface area contributed by atoms with Gasteiger partial charge < -0.3 is 25.9 Å². The van der Waals surface area contributed by atoms with Gasteiger partial charge in [0.15, 0.2) is 0 Å². The summed E-state index contributed by atoms with van der Waals surface area (Å²) < 4.78 is 0. The van der Waals surface area contributed by atoms with Gasteiger partial charge in [-0.2, -0.15) is 0 Å². The Morgan fingerprint density at radius 2 is 1.47 bits per heavy atom. The zero-order valence-corrected chi connectivity index (χ0v) is 30.6. The number of carbonyl (C=O) groups excluding carboxylic acids is 4. The van der Waals surface area contributed by atoms with Crippen molar-refractivity contribution in [3.05, 3.63) is 12.7 Å². The van der Waals surface area contributed by atoms with Crippen LogP contribution in [-0.2, 0) is 19.2 Å². The minimum Gasteiger partial charge on any atom is -0.400 e. The van der Waals surface area contributed by atoms with Crippen molar-refractivity contribution in [1.29, 1.82) is 0 Å². The van der Waals surface area contributed by atoms with Crippen molar-refractivity contribution < 1.29 is 24.3 Å². The Morgan fingerprint density at radius 3 is 1.74 bits per heavy atom. The molecule has 0 bridgehead atoms. The Morgan fingerprint density at radius 1 is 0.977 bits per heavy atom. The van der Waals surface area contributed by atoms with E-state index in [2.05, 4.69) is 36.4 Å². The number of Topliss-reactive ketones (excluding diaryl/α,β-unsaturated/α-hetero) is 1. The summed E-state index contributed by atoms with van der Waals surface area (Å²) in [6.45, 7) is 27.0. The maximum Gasteiger partial charge on any atom is 0.289 e. The topological polar surface area (TPSA) is 128 Å². The normalized spacial score (nSPS) is 16.4. The van der Waals surface area contributed by atoms with E-state index in [9.17, 15) is 19.2 Å². The first-order valence-corrected chi connectivity index (χ1v) is 16.5. The van der Waals surface area contributed by atoms with E-state index < -0.39 is 17.7 Å². The van der Waals surface area contributed by atoms with E-state index in [1.54, 1.807) is 7.05 Å². The van der Waals surface area contributed by atoms with Crippen LogP contribution in [0, 0.1) is 11.3 Å². The van der Waals surface area contributed by atoms with Gasteiger partial charge in [0.2, 0.25) is 11.7 Å². The molecule has 0 radical (unpaired) electrons. The third-order valence-electron chi connectivity index (χ3n) is 6.26. The van der Waals surface area contributed by atoms with Gasteiger partial charge in [-0.3, -0.25) is 19.3 Å². The summed E-state index contributed by atoms with van der Waals surface area (Å²) in [7, 11) is 4.71. The number of aliphatic hydroxyl groups excluding tert-OH is 1. The van der Waals surface area contributed by atoms with Gasteiger partial charge in [-0.05, 0) is 51.2 Å². The van der Waals surface area contributed by atoms with Crippen LogP contribution in [0.15, 0.2) is 12.7 Å². The molecular weight excluding hydrogens is 544 g/mol. The highest BCUT2D eigenvalue weighted by atomic mass is 16.2. The number of amides is 2. The van der Waals surface area contributed by atoms with Crippen molar-refractivity contribution in [1.82, 2.24) is 20.9 Å². The number of hydrogen-bond donors (Lipinski definition) is 4. The van der Waals surface area contributed by atoms with Gasteiger partial charge in [-0.15, -0.1) is 6.58 Å². The highest BCUT2D eigenvalue weighted by Crippen LogP contribution is 2.30. The molecule has 0 aromatic heterocycles. The molecule has 2 amide bonds. The average molecular weight is 617 g/mol. The molecule has 3 atom stereocenters. The Hall–Kier alpha value is -2.10. The lowest BCUT2D eigenvalue weighted by Crippen LogP contribution is -2.52. The van der Waals surface area contributed by atoms with Crippen molar-refractivity contribution >= 4 is 23.9 Å². The van der Waals surface area contributed by atoms with Crippen LogP contribution >= 0.6 is 0 Å². The lowest BCUT2D eigenvalue weighted by atomic mass is 9.80. The number of carbonyl (C=O) groups is 4. The van der Waals surface area contributed by atoms with Crippen molar-refractivity contribution in [3.8, 4) is 0 Å². The maximum atomic E-state index is 12.4. The molecule has 0 aromatic carbocycles. The number of hydrogen-bond acceptors (Lipinski definition) is 7. The fourth-order valence-electron chi connectivity index (χ4n) is 3.92. The molecule has 0 aromatic rings. The van der Waals surface area contributed by atoms with Crippen molar-refractivity contribution in [3.63, 3.8) is 0 Å². The number of aliphatic hydroxyl groups is 1. The monoisotopic (exact) mass is 617 g/mol. The quantitative estimate of drug-likeness (QED) is 0.144. The lowest BCUT2D eigenvalue weighted by Gasteiger charge is -2.30. The molecule has 9 nitrogen and oxygen atoms in total. The maximum absolute atomic E-state index is 12.4. The van der Waals surface area contributed by atoms with E-state index in [-0.39, 0.29) is 30.0 Å². The molecular formula is C34H72N4O5. The zero-order valence-electron chi connectivity index (χ0n) is 30.6. The molecule has 2 rings (SSSR count). The van der Waals surface area contributed by atoms with E-state index in [1.807, 2.05) is 74.3 Å². The minimum absolute atomic E-state index is 0.0301. The van der Waals surface area contributed by atoms with Crippen LogP contribution in [0.2, 0.25) is 0 Å². The Bertz CT molecular complexity index is 676. The van der Waals surface area contributed by atoms with E-state index in [0.29, 0.717) is 12.3 Å². The summed E-state index contributed by atoms with van der Waals surface area (Å²) in [5.41, 5.74) is 0.0382. The molecule has 43 heavy (non-hydrogen) atoms. The Balaban J connectivity index is -0.000000200. The molecule has 1 saturated carbocycles. The third kappa shape index (κ3) is 25.0. The molecule has 9 heteroatoms. The number of nitrogens with one attached hydrogen (secondary N) is 3. The molecule has 4 N–H and O–H groups in total. The number of likely N-dealkylation sites (N-methyl/N-ethyl adjacent to an activating group) is 2. The Labute approximate surface area is 266 Å². The predicted molar refractivity (Wildman–Crippen MR) is 184 cm³/mol. The summed E-state index contributed by atoms with van der Waals surface area (Å²) >= 11 is 0. The largest absolute Gasteiger partial charge is 0.400 e. The van der Waals surface area contributed by atoms with Crippen LogP contribution in [-0.4, -0.2) is 86.3 Å². The van der Waals surface area contributed by atoms with Crippen LogP contribution in [0.3, 0.4) is 0 Å². The number of nitrogens with zero attached hydrogens (tertiary/aromatic N) is 1. The molecule has 3 unspecified atom stereocenters. The molecule has 2 aliphatic rings. The van der Waals surface area contributed by atoms with Gasteiger partial charge in [-0.25, -0.2) is 0 Å². The van der Waals surface area contributed by atoms with Crippen LogP contribution in [0.5, 0.6) is 0 Å². The molecule has 0 spiro atoms. The highest BCUT2D eigenvalue weighted by molar-refractivity contribution is 6.38. The Kier molecular flexibility index (Phi) is 40.4. The second-order valence-corrected chi connectivity index (χ2v) is 10.6. The first-order valence-electron chi connectivity index (χ1n) is 16.5. The second kappa shape index (κ2) is 34.4.